The van der Waals surface area contributed by atoms with E-state index in [1.54, 1.807) is 29.7 Å². The molecule has 0 spiro atoms. The average molecular weight is 475 g/mol. The highest BCUT2D eigenvalue weighted by molar-refractivity contribution is 7.92. The Labute approximate surface area is 191 Å². The molecule has 3 aromatic rings. The Morgan fingerprint density at radius 3 is 2.65 bits per heavy atom. The molecule has 0 unspecified atom stereocenters. The number of thiocarbonyl (C=S) groups is 1. The lowest BCUT2D eigenvalue weighted by Gasteiger charge is -2.27. The molecule has 0 radical (unpaired) electrons. The van der Waals surface area contributed by atoms with Gasteiger partial charge in [-0.3, -0.25) is 9.71 Å². The van der Waals surface area contributed by atoms with E-state index in [4.69, 9.17) is 17.0 Å². The molecule has 2 N–H and O–H groups in total. The molecule has 1 saturated heterocycles. The number of hydrogen-bond donors (Lipinski definition) is 2. The van der Waals surface area contributed by atoms with Crippen molar-refractivity contribution in [2.24, 2.45) is 0 Å². The van der Waals surface area contributed by atoms with Crippen molar-refractivity contribution in [2.45, 2.75) is 19.0 Å². The normalized spacial score (nSPS) is 18.7. The first-order chi connectivity index (χ1) is 14.8. The van der Waals surface area contributed by atoms with Gasteiger partial charge in [0.15, 0.2) is 5.11 Å². The summed E-state index contributed by atoms with van der Waals surface area (Å²) in [5.41, 5.74) is 1.98. The largest absolute Gasteiger partial charge is 0.495 e. The lowest BCUT2D eigenvalue weighted by Crippen LogP contribution is -2.29. The molecule has 0 saturated carbocycles. The second kappa shape index (κ2) is 8.45. The van der Waals surface area contributed by atoms with Crippen molar-refractivity contribution in [3.8, 4) is 5.75 Å². The van der Waals surface area contributed by atoms with Crippen LogP contribution in [0.15, 0.2) is 54.7 Å². The number of sulfonamides is 1. The number of aryl methyl sites for hydroxylation is 1. The van der Waals surface area contributed by atoms with Gasteiger partial charge in [0.2, 0.25) is 10.0 Å². The predicted octanol–water partition coefficient (Wildman–Crippen LogP) is 4.01. The molecule has 1 aliphatic rings. The number of pyridine rings is 1. The molecule has 1 fully saturated rings. The number of nitrogens with zero attached hydrogens (tertiary/aromatic N) is 2. The van der Waals surface area contributed by atoms with Gasteiger partial charge >= 0.3 is 0 Å². The van der Waals surface area contributed by atoms with Gasteiger partial charge in [-0.25, -0.2) is 8.42 Å². The van der Waals surface area contributed by atoms with E-state index in [2.05, 4.69) is 34.1 Å². The van der Waals surface area contributed by atoms with Crippen LogP contribution in [0.3, 0.4) is 0 Å². The van der Waals surface area contributed by atoms with Crippen molar-refractivity contribution in [1.82, 2.24) is 10.3 Å². The fourth-order valence-corrected chi connectivity index (χ4v) is 5.57. The maximum Gasteiger partial charge on any atom is 0.229 e. The summed E-state index contributed by atoms with van der Waals surface area (Å²) >= 11 is 7.42. The van der Waals surface area contributed by atoms with Crippen LogP contribution in [0.1, 0.15) is 27.5 Å². The van der Waals surface area contributed by atoms with Gasteiger partial charge in [0.25, 0.3) is 0 Å². The third-order valence-corrected chi connectivity index (χ3v) is 6.88. The van der Waals surface area contributed by atoms with Gasteiger partial charge in [0, 0.05) is 21.6 Å². The van der Waals surface area contributed by atoms with Crippen LogP contribution in [-0.2, 0) is 10.0 Å². The fraction of sp³-hybridized carbons (Fsp3) is 0.238. The van der Waals surface area contributed by atoms with Gasteiger partial charge < -0.3 is 15.0 Å². The molecule has 0 amide bonds. The average Bonchev–Trinajstić information content (AvgIpc) is 3.30. The molecule has 4 rings (SSSR count). The minimum Gasteiger partial charge on any atom is -0.495 e. The predicted molar refractivity (Wildman–Crippen MR) is 128 cm³/mol. The van der Waals surface area contributed by atoms with Gasteiger partial charge in [-0.05, 0) is 61.6 Å². The summed E-state index contributed by atoms with van der Waals surface area (Å²) in [7, 11) is -1.99. The fourth-order valence-electron chi connectivity index (χ4n) is 3.66. The third kappa shape index (κ3) is 4.51. The number of anilines is 2. The lowest BCUT2D eigenvalue weighted by atomic mass is 10.0. The van der Waals surface area contributed by atoms with Crippen molar-refractivity contribution in [3.05, 3.63) is 70.2 Å². The molecule has 3 heterocycles. The Morgan fingerprint density at radius 1 is 1.23 bits per heavy atom. The zero-order valence-electron chi connectivity index (χ0n) is 17.2. The molecule has 2 aromatic heterocycles. The molecule has 1 aromatic carbocycles. The Kier molecular flexibility index (Phi) is 5.87. The third-order valence-electron chi connectivity index (χ3n) is 4.91. The summed E-state index contributed by atoms with van der Waals surface area (Å²) in [6, 6.07) is 15.0. The SMILES string of the molecule is COc1ccc(N2C(=S)N[C@H](c3ccccn3)[C@H]2c2ccc(C)s2)cc1NS(C)(=O)=O. The quantitative estimate of drug-likeness (QED) is 0.522. The van der Waals surface area contributed by atoms with Crippen molar-refractivity contribution in [2.75, 3.05) is 23.0 Å². The second-order valence-corrected chi connectivity index (χ2v) is 10.7. The van der Waals surface area contributed by atoms with Crippen molar-refractivity contribution in [3.63, 3.8) is 0 Å². The van der Waals surface area contributed by atoms with Crippen molar-refractivity contribution in [1.29, 1.82) is 0 Å². The number of hydrogen-bond acceptors (Lipinski definition) is 6. The summed E-state index contributed by atoms with van der Waals surface area (Å²) in [4.78, 5) is 8.88. The highest BCUT2D eigenvalue weighted by Crippen LogP contribution is 2.44. The Bertz CT molecular complexity index is 1210. The summed E-state index contributed by atoms with van der Waals surface area (Å²) in [6.45, 7) is 2.07. The van der Waals surface area contributed by atoms with Crippen molar-refractivity contribution >= 4 is 50.1 Å². The van der Waals surface area contributed by atoms with E-state index in [-0.39, 0.29) is 12.1 Å². The molecular formula is C21H22N4O3S3. The topological polar surface area (TPSA) is 83.6 Å². The minimum absolute atomic E-state index is 0.138. The van der Waals surface area contributed by atoms with Crippen LogP contribution < -0.4 is 19.7 Å². The number of aromatic nitrogens is 1. The Balaban J connectivity index is 1.82. The zero-order chi connectivity index (χ0) is 22.2. The van der Waals surface area contributed by atoms with E-state index in [0.717, 1.165) is 22.5 Å². The highest BCUT2D eigenvalue weighted by atomic mass is 32.2. The minimum atomic E-state index is -3.48. The lowest BCUT2D eigenvalue weighted by molar-refractivity contribution is 0.417. The second-order valence-electron chi connectivity index (χ2n) is 7.20. The van der Waals surface area contributed by atoms with Crippen LogP contribution in [0.4, 0.5) is 11.4 Å². The van der Waals surface area contributed by atoms with Crippen molar-refractivity contribution < 1.29 is 13.2 Å². The maximum absolute atomic E-state index is 11.9. The number of benzene rings is 1. The number of ether oxygens (including phenoxy) is 1. The number of methoxy groups -OCH3 is 1. The molecule has 2 atom stereocenters. The molecular weight excluding hydrogens is 452 g/mol. The summed E-state index contributed by atoms with van der Waals surface area (Å²) in [6.07, 6.45) is 2.87. The molecule has 1 aliphatic heterocycles. The van der Waals surface area contributed by atoms with Gasteiger partial charge in [-0.1, -0.05) is 6.07 Å². The molecule has 10 heteroatoms. The van der Waals surface area contributed by atoms with Gasteiger partial charge in [-0.2, -0.15) is 0 Å². The van der Waals surface area contributed by atoms with Gasteiger partial charge in [-0.15, -0.1) is 11.3 Å². The van der Waals surface area contributed by atoms with E-state index < -0.39 is 10.0 Å². The molecule has 7 nitrogen and oxygen atoms in total. The van der Waals surface area contributed by atoms with Gasteiger partial charge in [0.1, 0.15) is 5.75 Å². The first-order valence-electron chi connectivity index (χ1n) is 9.49. The number of thiophene rings is 1. The standard InChI is InChI=1S/C21H22N4O3S3/c1-13-7-10-18(30-13)20-19(15-6-4-5-11-22-15)23-21(29)25(20)14-8-9-17(28-2)16(12-14)24-31(3,26)27/h4-12,19-20,24H,1-3H3,(H,23,29)/t19-,20-/m1/s1. The van der Waals surface area contributed by atoms with Crippen LogP contribution in [0.5, 0.6) is 5.75 Å². The Hall–Kier alpha value is -2.69. The van der Waals surface area contributed by atoms with Crippen LogP contribution in [-0.4, -0.2) is 31.9 Å². The summed E-state index contributed by atoms with van der Waals surface area (Å²) < 4.78 is 31.6. The smallest absolute Gasteiger partial charge is 0.229 e. The Morgan fingerprint density at radius 2 is 2.03 bits per heavy atom. The monoisotopic (exact) mass is 474 g/mol. The van der Waals surface area contributed by atoms with E-state index in [1.165, 1.54) is 12.0 Å². The van der Waals surface area contributed by atoms with Crippen LogP contribution in [0, 0.1) is 6.92 Å². The maximum atomic E-state index is 11.9. The number of nitrogens with one attached hydrogen (secondary N) is 2. The van der Waals surface area contributed by atoms with Crippen LogP contribution in [0.25, 0.3) is 0 Å². The van der Waals surface area contributed by atoms with E-state index in [0.29, 0.717) is 16.5 Å². The summed E-state index contributed by atoms with van der Waals surface area (Å²) in [5.74, 6) is 0.428. The van der Waals surface area contributed by atoms with E-state index in [9.17, 15) is 8.42 Å². The molecule has 31 heavy (non-hydrogen) atoms. The molecule has 0 aliphatic carbocycles. The first kappa shape index (κ1) is 21.5. The summed E-state index contributed by atoms with van der Waals surface area (Å²) in [5, 5.41) is 3.95. The molecule has 0 bridgehead atoms. The number of rotatable bonds is 6. The molecule has 162 valence electrons. The van der Waals surface area contributed by atoms with Gasteiger partial charge in [0.05, 0.1) is 36.8 Å². The van der Waals surface area contributed by atoms with Crippen LogP contribution in [0.2, 0.25) is 0 Å². The first-order valence-corrected chi connectivity index (χ1v) is 12.6. The van der Waals surface area contributed by atoms with E-state index in [1.807, 2.05) is 29.2 Å². The van der Waals surface area contributed by atoms with Crippen LogP contribution >= 0.6 is 23.6 Å². The zero-order valence-corrected chi connectivity index (χ0v) is 19.6. The van der Waals surface area contributed by atoms with E-state index >= 15 is 0 Å². The highest BCUT2D eigenvalue weighted by Gasteiger charge is 2.41.